The maximum absolute atomic E-state index is 12.5. The van der Waals surface area contributed by atoms with Gasteiger partial charge in [0.15, 0.2) is 0 Å². The third kappa shape index (κ3) is 3.31. The number of aliphatic hydroxyl groups is 1. The smallest absolute Gasteiger partial charge is 0.325 e. The van der Waals surface area contributed by atoms with Crippen LogP contribution in [0, 0.1) is 5.92 Å². The van der Waals surface area contributed by atoms with Gasteiger partial charge in [0.2, 0.25) is 0 Å². The molecular weight excluding hydrogens is 355 g/mol. The first-order chi connectivity index (χ1) is 11.3. The molecule has 2 aliphatic rings. The highest BCUT2D eigenvalue weighted by Crippen LogP contribution is 2.42. The first-order valence-corrected chi connectivity index (χ1v) is 8.47. The van der Waals surface area contributed by atoms with Gasteiger partial charge in [-0.3, -0.25) is 9.69 Å². The quantitative estimate of drug-likeness (QED) is 0.751. The average Bonchev–Trinajstić information content (AvgIpc) is 3.34. The van der Waals surface area contributed by atoms with E-state index >= 15 is 0 Å². The third-order valence-electron chi connectivity index (χ3n) is 4.41. The molecule has 0 bridgehead atoms. The molecule has 1 heterocycles. The average molecular weight is 373 g/mol. The molecule has 24 heavy (non-hydrogen) atoms. The Hall–Kier alpha value is -1.50. The fraction of sp³-hybridized carbons (Fsp3) is 0.500. The molecule has 130 valence electrons. The van der Waals surface area contributed by atoms with E-state index in [1.807, 2.05) is 0 Å². The number of carbonyl (C=O) groups excluding carboxylic acids is 2. The van der Waals surface area contributed by atoms with Crippen molar-refractivity contribution in [3.63, 3.8) is 0 Å². The monoisotopic (exact) mass is 372 g/mol. The van der Waals surface area contributed by atoms with Gasteiger partial charge in [-0.05, 0) is 37.8 Å². The molecule has 0 spiro atoms. The van der Waals surface area contributed by atoms with E-state index in [2.05, 4.69) is 5.32 Å². The largest absolute Gasteiger partial charge is 0.489 e. The van der Waals surface area contributed by atoms with Crippen molar-refractivity contribution in [1.29, 1.82) is 0 Å². The zero-order valence-corrected chi connectivity index (χ0v) is 14.6. The zero-order valence-electron chi connectivity index (χ0n) is 13.1. The SMILES string of the molecule is CC1(C2CC2)NC(=O)N(CC(O)COc2cc(Cl)ccc2Cl)C1=O. The molecule has 6 nitrogen and oxygen atoms in total. The Kier molecular flexibility index (Phi) is 4.64. The number of carbonyl (C=O) groups is 2. The Morgan fingerprint density at radius 1 is 1.42 bits per heavy atom. The normalized spacial score (nSPS) is 24.9. The van der Waals surface area contributed by atoms with Gasteiger partial charge < -0.3 is 15.2 Å². The molecule has 3 rings (SSSR count). The third-order valence-corrected chi connectivity index (χ3v) is 4.96. The number of benzene rings is 1. The second-order valence-electron chi connectivity index (χ2n) is 6.36. The number of hydrogen-bond acceptors (Lipinski definition) is 4. The van der Waals surface area contributed by atoms with Crippen molar-refractivity contribution in [2.24, 2.45) is 5.92 Å². The predicted octanol–water partition coefficient (Wildman–Crippen LogP) is 2.45. The summed E-state index contributed by atoms with van der Waals surface area (Å²) in [6.45, 7) is 1.49. The molecule has 2 N–H and O–H groups in total. The Labute approximate surface area is 149 Å². The number of hydrogen-bond donors (Lipinski definition) is 2. The van der Waals surface area contributed by atoms with Gasteiger partial charge in [-0.25, -0.2) is 4.79 Å². The number of urea groups is 1. The summed E-state index contributed by atoms with van der Waals surface area (Å²) >= 11 is 11.8. The molecule has 3 amide bonds. The minimum Gasteiger partial charge on any atom is -0.489 e. The van der Waals surface area contributed by atoms with Crippen molar-refractivity contribution in [1.82, 2.24) is 10.2 Å². The maximum atomic E-state index is 12.5. The van der Waals surface area contributed by atoms with Crippen LogP contribution in [-0.4, -0.2) is 46.7 Å². The van der Waals surface area contributed by atoms with Crippen LogP contribution in [0.3, 0.4) is 0 Å². The molecule has 2 unspecified atom stereocenters. The molecule has 1 aromatic carbocycles. The second kappa shape index (κ2) is 6.43. The van der Waals surface area contributed by atoms with E-state index in [9.17, 15) is 14.7 Å². The van der Waals surface area contributed by atoms with Crippen LogP contribution in [-0.2, 0) is 4.79 Å². The zero-order chi connectivity index (χ0) is 17.5. The van der Waals surface area contributed by atoms with Crippen molar-refractivity contribution < 1.29 is 19.4 Å². The van der Waals surface area contributed by atoms with Crippen LogP contribution in [0.1, 0.15) is 19.8 Å². The van der Waals surface area contributed by atoms with Crippen LogP contribution in [0.5, 0.6) is 5.75 Å². The van der Waals surface area contributed by atoms with Crippen molar-refractivity contribution in [3.8, 4) is 5.75 Å². The lowest BCUT2D eigenvalue weighted by atomic mass is 9.96. The van der Waals surface area contributed by atoms with Crippen molar-refractivity contribution in [2.75, 3.05) is 13.2 Å². The molecule has 1 aliphatic heterocycles. The summed E-state index contributed by atoms with van der Waals surface area (Å²) in [6.07, 6.45) is 0.821. The fourth-order valence-corrected chi connectivity index (χ4v) is 3.19. The summed E-state index contributed by atoms with van der Waals surface area (Å²) in [4.78, 5) is 25.6. The number of nitrogens with one attached hydrogen (secondary N) is 1. The molecule has 1 saturated carbocycles. The molecule has 0 aromatic heterocycles. The van der Waals surface area contributed by atoms with Crippen LogP contribution >= 0.6 is 23.2 Å². The maximum Gasteiger partial charge on any atom is 0.325 e. The highest BCUT2D eigenvalue weighted by atomic mass is 35.5. The standard InChI is InChI=1S/C16H18Cl2N2O4/c1-16(9-2-3-9)14(22)20(15(23)19-16)7-11(21)8-24-13-6-10(17)4-5-12(13)18/h4-6,9,11,21H,2-3,7-8H2,1H3,(H,19,23). The van der Waals surface area contributed by atoms with Crippen LogP contribution in [0.2, 0.25) is 10.0 Å². The predicted molar refractivity (Wildman–Crippen MR) is 89.3 cm³/mol. The molecule has 2 fully saturated rings. The van der Waals surface area contributed by atoms with Gasteiger partial charge in [0.1, 0.15) is 24.0 Å². The summed E-state index contributed by atoms with van der Waals surface area (Å²) in [5, 5.41) is 13.7. The first kappa shape index (κ1) is 17.3. The van der Waals surface area contributed by atoms with Gasteiger partial charge in [0.25, 0.3) is 5.91 Å². The molecule has 1 aromatic rings. The number of β-amino-alcohol motifs (C(OH)–C–C–N with tert-alkyl or cyclic N) is 1. The van der Waals surface area contributed by atoms with Gasteiger partial charge in [0.05, 0.1) is 11.6 Å². The topological polar surface area (TPSA) is 78.9 Å². The van der Waals surface area contributed by atoms with Crippen LogP contribution in [0.25, 0.3) is 0 Å². The van der Waals surface area contributed by atoms with E-state index < -0.39 is 17.7 Å². The number of ether oxygens (including phenoxy) is 1. The van der Waals surface area contributed by atoms with Gasteiger partial charge in [-0.15, -0.1) is 0 Å². The Morgan fingerprint density at radius 2 is 2.12 bits per heavy atom. The first-order valence-electron chi connectivity index (χ1n) is 7.71. The molecule has 1 saturated heterocycles. The van der Waals surface area contributed by atoms with Crippen LogP contribution in [0.15, 0.2) is 18.2 Å². The van der Waals surface area contributed by atoms with Gasteiger partial charge in [0, 0.05) is 11.1 Å². The number of amides is 3. The Balaban J connectivity index is 1.58. The molecule has 0 radical (unpaired) electrons. The summed E-state index contributed by atoms with van der Waals surface area (Å²) in [7, 11) is 0. The van der Waals surface area contributed by atoms with Crippen molar-refractivity contribution in [2.45, 2.75) is 31.4 Å². The lowest BCUT2D eigenvalue weighted by molar-refractivity contribution is -0.132. The minimum atomic E-state index is -1.03. The van der Waals surface area contributed by atoms with Crippen LogP contribution < -0.4 is 10.1 Å². The van der Waals surface area contributed by atoms with E-state index in [4.69, 9.17) is 27.9 Å². The number of aliphatic hydroxyl groups excluding tert-OH is 1. The van der Waals surface area contributed by atoms with Gasteiger partial charge in [-0.2, -0.15) is 0 Å². The van der Waals surface area contributed by atoms with Gasteiger partial charge in [-0.1, -0.05) is 23.2 Å². The summed E-state index contributed by atoms with van der Waals surface area (Å²) < 4.78 is 5.44. The minimum absolute atomic E-state index is 0.114. The number of imide groups is 1. The molecule has 8 heteroatoms. The highest BCUT2D eigenvalue weighted by molar-refractivity contribution is 6.34. The van der Waals surface area contributed by atoms with E-state index in [1.165, 1.54) is 6.07 Å². The molecule has 1 aliphatic carbocycles. The lowest BCUT2D eigenvalue weighted by Crippen LogP contribution is -2.46. The van der Waals surface area contributed by atoms with Crippen LogP contribution in [0.4, 0.5) is 4.79 Å². The van der Waals surface area contributed by atoms with Gasteiger partial charge >= 0.3 is 6.03 Å². The Bertz CT molecular complexity index is 680. The lowest BCUT2D eigenvalue weighted by Gasteiger charge is -2.22. The summed E-state index contributed by atoms with van der Waals surface area (Å²) in [6, 6.07) is 4.27. The molecule has 2 atom stereocenters. The number of rotatable bonds is 6. The van der Waals surface area contributed by atoms with E-state index in [0.29, 0.717) is 15.8 Å². The van der Waals surface area contributed by atoms with Crippen molar-refractivity contribution >= 4 is 35.1 Å². The Morgan fingerprint density at radius 3 is 2.79 bits per heavy atom. The van der Waals surface area contributed by atoms with Crippen molar-refractivity contribution in [3.05, 3.63) is 28.2 Å². The van der Waals surface area contributed by atoms with E-state index in [1.54, 1.807) is 19.1 Å². The highest BCUT2D eigenvalue weighted by Gasteiger charge is 2.56. The van der Waals surface area contributed by atoms with E-state index in [0.717, 1.165) is 17.7 Å². The van der Waals surface area contributed by atoms with E-state index in [-0.39, 0.29) is 25.0 Å². The summed E-state index contributed by atoms with van der Waals surface area (Å²) in [5.41, 5.74) is -0.853. The summed E-state index contributed by atoms with van der Waals surface area (Å²) in [5.74, 6) is 0.218. The fourth-order valence-electron chi connectivity index (χ4n) is 2.86. The molecular formula is C16H18Cl2N2O4. The number of nitrogens with zero attached hydrogens (tertiary/aromatic N) is 1. The second-order valence-corrected chi connectivity index (χ2v) is 7.21. The number of halogens is 2.